The molecule has 1 aromatic rings. The summed E-state index contributed by atoms with van der Waals surface area (Å²) in [5, 5.41) is 0.334. The van der Waals surface area contributed by atoms with E-state index in [1.165, 1.54) is 18.5 Å². The van der Waals surface area contributed by atoms with Gasteiger partial charge in [0.05, 0.1) is 0 Å². The van der Waals surface area contributed by atoms with E-state index in [1.807, 2.05) is 0 Å². The molecule has 0 spiro atoms. The Bertz CT molecular complexity index is 430. The van der Waals surface area contributed by atoms with Gasteiger partial charge in [0, 0.05) is 10.7 Å². The first-order valence-corrected chi connectivity index (χ1v) is 6.29. The maximum absolute atomic E-state index is 11.9. The van der Waals surface area contributed by atoms with Crippen molar-refractivity contribution in [2.45, 2.75) is 11.2 Å². The van der Waals surface area contributed by atoms with E-state index >= 15 is 0 Å². The average Bonchev–Trinajstić information content (AvgIpc) is 2.17. The van der Waals surface area contributed by atoms with Crippen molar-refractivity contribution in [2.75, 3.05) is 6.26 Å². The van der Waals surface area contributed by atoms with Crippen LogP contribution in [0.25, 0.3) is 0 Å². The van der Waals surface area contributed by atoms with Gasteiger partial charge in [0.15, 0.2) is 0 Å². The molecule has 0 aromatic carbocycles. The summed E-state index contributed by atoms with van der Waals surface area (Å²) in [6, 6.07) is 3.14. The lowest BCUT2D eigenvalue weighted by atomic mass is 10.5. The molecule has 1 heterocycles. The second-order valence-electron chi connectivity index (χ2n) is 2.69. The van der Waals surface area contributed by atoms with Crippen LogP contribution in [0, 0.1) is 0 Å². The molecular formula is C8H6BrF3N2OS. The molecule has 1 rings (SSSR count). The van der Waals surface area contributed by atoms with E-state index in [0.717, 1.165) is 0 Å². The molecule has 0 radical (unpaired) electrons. The van der Waals surface area contributed by atoms with Crippen LogP contribution in [0.3, 0.4) is 0 Å². The minimum absolute atomic E-state index is 0.334. The van der Waals surface area contributed by atoms with Crippen LogP contribution in [0.5, 0.6) is 0 Å². The molecule has 0 saturated heterocycles. The van der Waals surface area contributed by atoms with Crippen LogP contribution in [0.15, 0.2) is 32.2 Å². The Morgan fingerprint density at radius 3 is 2.56 bits per heavy atom. The van der Waals surface area contributed by atoms with E-state index in [4.69, 9.17) is 0 Å². The molecule has 0 fully saturated rings. The lowest BCUT2D eigenvalue weighted by Crippen LogP contribution is -2.20. The third-order valence-electron chi connectivity index (χ3n) is 1.47. The summed E-state index contributed by atoms with van der Waals surface area (Å²) in [6.45, 7) is 0. The van der Waals surface area contributed by atoms with Crippen molar-refractivity contribution in [3.05, 3.63) is 22.8 Å². The van der Waals surface area contributed by atoms with Crippen LogP contribution in [0.4, 0.5) is 13.2 Å². The van der Waals surface area contributed by atoms with Gasteiger partial charge in [-0.3, -0.25) is 4.79 Å². The van der Waals surface area contributed by atoms with Gasteiger partial charge in [-0.2, -0.15) is 17.5 Å². The maximum Gasteiger partial charge on any atom is 0.474 e. The number of alkyl halides is 3. The standard InChI is InChI=1S/C8H6BrF3N2OS/c1-16(14-7(15)8(10,11)12)6-3-2-5(9)4-13-6/h2-4H,1H3. The third-order valence-corrected chi connectivity index (χ3v) is 3.22. The van der Waals surface area contributed by atoms with E-state index in [-0.39, 0.29) is 0 Å². The highest BCUT2D eigenvalue weighted by molar-refractivity contribution is 9.10. The molecule has 1 unspecified atom stereocenters. The smallest absolute Gasteiger partial charge is 0.261 e. The zero-order valence-electron chi connectivity index (χ0n) is 7.95. The predicted molar refractivity (Wildman–Crippen MR) is 57.0 cm³/mol. The maximum atomic E-state index is 11.9. The Labute approximate surface area is 100 Å². The summed E-state index contributed by atoms with van der Waals surface area (Å²) >= 11 is 3.14. The number of nitrogens with zero attached hydrogens (tertiary/aromatic N) is 2. The lowest BCUT2D eigenvalue weighted by Gasteiger charge is -2.03. The van der Waals surface area contributed by atoms with Crippen molar-refractivity contribution in [1.29, 1.82) is 0 Å². The highest BCUT2D eigenvalue weighted by Crippen LogP contribution is 2.18. The fourth-order valence-electron chi connectivity index (χ4n) is 0.760. The van der Waals surface area contributed by atoms with Crippen molar-refractivity contribution in [3.63, 3.8) is 0 Å². The molecular weight excluding hydrogens is 309 g/mol. The van der Waals surface area contributed by atoms with E-state index in [9.17, 15) is 18.0 Å². The molecule has 16 heavy (non-hydrogen) atoms. The number of hydrogen-bond acceptors (Lipinski definition) is 2. The predicted octanol–water partition coefficient (Wildman–Crippen LogP) is 2.72. The second kappa shape index (κ2) is 5.05. The minimum Gasteiger partial charge on any atom is -0.261 e. The van der Waals surface area contributed by atoms with Crippen LogP contribution in [-0.2, 0) is 15.5 Å². The molecule has 1 atom stereocenters. The van der Waals surface area contributed by atoms with E-state index in [1.54, 1.807) is 6.07 Å². The summed E-state index contributed by atoms with van der Waals surface area (Å²) in [6.07, 6.45) is -2.08. The molecule has 0 N–H and O–H groups in total. The van der Waals surface area contributed by atoms with Crippen LogP contribution in [-0.4, -0.2) is 23.3 Å². The van der Waals surface area contributed by atoms with Crippen LogP contribution < -0.4 is 0 Å². The summed E-state index contributed by atoms with van der Waals surface area (Å²) < 4.78 is 39.5. The Morgan fingerprint density at radius 1 is 1.50 bits per heavy atom. The number of pyridine rings is 1. The van der Waals surface area contributed by atoms with Gasteiger partial charge in [0.1, 0.15) is 5.03 Å². The normalized spacial score (nSPS) is 13.8. The van der Waals surface area contributed by atoms with Gasteiger partial charge in [-0.1, -0.05) is 0 Å². The molecule has 0 bridgehead atoms. The second-order valence-corrected chi connectivity index (χ2v) is 5.16. The van der Waals surface area contributed by atoms with Gasteiger partial charge < -0.3 is 0 Å². The first-order valence-electron chi connectivity index (χ1n) is 3.91. The number of amides is 1. The molecule has 88 valence electrons. The van der Waals surface area contributed by atoms with Gasteiger partial charge in [-0.05, 0) is 45.0 Å². The largest absolute Gasteiger partial charge is 0.474 e. The molecule has 8 heteroatoms. The Balaban J connectivity index is 2.94. The van der Waals surface area contributed by atoms with Gasteiger partial charge in [-0.15, -0.1) is 0 Å². The molecule has 3 nitrogen and oxygen atoms in total. The first kappa shape index (κ1) is 13.3. The monoisotopic (exact) mass is 314 g/mol. The lowest BCUT2D eigenvalue weighted by molar-refractivity contribution is -0.169. The highest BCUT2D eigenvalue weighted by atomic mass is 79.9. The fraction of sp³-hybridized carbons (Fsp3) is 0.250. The molecule has 0 aliphatic heterocycles. The Morgan fingerprint density at radius 2 is 2.12 bits per heavy atom. The van der Waals surface area contributed by atoms with E-state index in [0.29, 0.717) is 9.50 Å². The van der Waals surface area contributed by atoms with Gasteiger partial charge in [-0.25, -0.2) is 4.98 Å². The summed E-state index contributed by atoms with van der Waals surface area (Å²) in [5.74, 6) is -2.08. The fourth-order valence-corrected chi connectivity index (χ4v) is 1.91. The summed E-state index contributed by atoms with van der Waals surface area (Å²) in [7, 11) is -1.19. The zero-order chi connectivity index (χ0) is 12.3. The topological polar surface area (TPSA) is 42.3 Å². The summed E-state index contributed by atoms with van der Waals surface area (Å²) in [4.78, 5) is 14.5. The van der Waals surface area contributed by atoms with Gasteiger partial charge in [0.25, 0.3) is 0 Å². The quantitative estimate of drug-likeness (QED) is 0.800. The number of rotatable bonds is 1. The first-order chi connectivity index (χ1) is 7.30. The molecule has 1 aromatic heterocycles. The zero-order valence-corrected chi connectivity index (χ0v) is 10.4. The number of aromatic nitrogens is 1. The van der Waals surface area contributed by atoms with Crippen molar-refractivity contribution in [1.82, 2.24) is 4.98 Å². The van der Waals surface area contributed by atoms with E-state index < -0.39 is 22.8 Å². The number of hydrogen-bond donors (Lipinski definition) is 0. The van der Waals surface area contributed by atoms with Crippen molar-refractivity contribution < 1.29 is 18.0 Å². The summed E-state index contributed by atoms with van der Waals surface area (Å²) in [5.41, 5.74) is 0. The van der Waals surface area contributed by atoms with Gasteiger partial charge in [0.2, 0.25) is 0 Å². The Hall–Kier alpha value is -0.760. The highest BCUT2D eigenvalue weighted by Gasteiger charge is 2.38. The van der Waals surface area contributed by atoms with Crippen molar-refractivity contribution in [2.24, 2.45) is 4.36 Å². The van der Waals surface area contributed by atoms with Crippen molar-refractivity contribution >= 4 is 32.5 Å². The van der Waals surface area contributed by atoms with Gasteiger partial charge >= 0.3 is 12.1 Å². The van der Waals surface area contributed by atoms with Crippen molar-refractivity contribution in [3.8, 4) is 0 Å². The molecule has 0 aliphatic rings. The van der Waals surface area contributed by atoms with Crippen LogP contribution in [0.2, 0.25) is 0 Å². The molecule has 1 amide bonds. The number of carbonyl (C=O) groups is 1. The minimum atomic E-state index is -4.92. The molecule has 0 saturated carbocycles. The average molecular weight is 315 g/mol. The van der Waals surface area contributed by atoms with Crippen LogP contribution >= 0.6 is 15.9 Å². The number of carbonyl (C=O) groups excluding carboxylic acids is 1. The number of halogens is 4. The third kappa shape index (κ3) is 3.67. The Kier molecular flexibility index (Phi) is 4.20. The van der Waals surface area contributed by atoms with Crippen LogP contribution in [0.1, 0.15) is 0 Å². The molecule has 0 aliphatic carbocycles. The van der Waals surface area contributed by atoms with E-state index in [2.05, 4.69) is 25.3 Å². The SMILES string of the molecule is CS(=NC(=O)C(F)(F)F)c1ccc(Br)cn1.